The van der Waals surface area contributed by atoms with Gasteiger partial charge in [0.25, 0.3) is 0 Å². The van der Waals surface area contributed by atoms with Crippen LogP contribution in [-0.2, 0) is 23.9 Å². The topological polar surface area (TPSA) is 72.9 Å². The first-order chi connectivity index (χ1) is 7.92. The van der Waals surface area contributed by atoms with Gasteiger partial charge in [-0.1, -0.05) is 0 Å². The Labute approximate surface area is 105 Å². The first kappa shape index (κ1) is 15.7. The molecule has 0 aromatic heterocycles. The van der Waals surface area contributed by atoms with Gasteiger partial charge in [0.15, 0.2) is 0 Å². The van der Waals surface area contributed by atoms with Crippen LogP contribution in [0.1, 0.15) is 13.3 Å². The summed E-state index contributed by atoms with van der Waals surface area (Å²) in [6.07, 6.45) is 0.00282. The summed E-state index contributed by atoms with van der Waals surface area (Å²) in [5, 5.41) is -0.766. The molecule has 1 amide bonds. The highest BCUT2D eigenvalue weighted by Gasteiger charge is 2.22. The van der Waals surface area contributed by atoms with E-state index in [0.717, 1.165) is 0 Å². The Morgan fingerprint density at radius 2 is 1.71 bits per heavy atom. The summed E-state index contributed by atoms with van der Waals surface area (Å²) in [6, 6.07) is 0. The normalized spacial score (nSPS) is 11.5. The highest BCUT2D eigenvalue weighted by molar-refractivity contribution is 6.30. The van der Waals surface area contributed by atoms with E-state index in [2.05, 4.69) is 9.47 Å². The predicted molar refractivity (Wildman–Crippen MR) is 60.5 cm³/mol. The fourth-order valence-corrected chi connectivity index (χ4v) is 1.21. The molecule has 1 unspecified atom stereocenters. The van der Waals surface area contributed by atoms with Gasteiger partial charge < -0.3 is 14.4 Å². The second-order valence-electron chi connectivity index (χ2n) is 3.28. The molecule has 0 radical (unpaired) electrons. The van der Waals surface area contributed by atoms with Crippen LogP contribution < -0.4 is 0 Å². The molecule has 98 valence electrons. The van der Waals surface area contributed by atoms with Crippen molar-refractivity contribution in [2.75, 3.05) is 27.3 Å². The van der Waals surface area contributed by atoms with Crippen molar-refractivity contribution in [1.29, 1.82) is 0 Å². The second kappa shape index (κ2) is 7.89. The Hall–Kier alpha value is -1.30. The third-order valence-corrected chi connectivity index (χ3v) is 2.20. The molecule has 0 aromatic rings. The predicted octanol–water partition coefficient (Wildman–Crippen LogP) is 0.178. The number of methoxy groups -OCH3 is 2. The maximum atomic E-state index is 11.6. The third-order valence-electron chi connectivity index (χ3n) is 2.01. The number of ether oxygens (including phenoxy) is 2. The van der Waals surface area contributed by atoms with Crippen molar-refractivity contribution in [2.24, 2.45) is 0 Å². The van der Waals surface area contributed by atoms with Crippen molar-refractivity contribution in [1.82, 2.24) is 4.90 Å². The summed E-state index contributed by atoms with van der Waals surface area (Å²) in [4.78, 5) is 34.8. The molecule has 17 heavy (non-hydrogen) atoms. The van der Waals surface area contributed by atoms with E-state index in [1.165, 1.54) is 26.0 Å². The smallest absolute Gasteiger partial charge is 0.325 e. The SMILES string of the molecule is COC(=O)CCN(CC(=O)OC)C(=O)C(C)Cl. The lowest BCUT2D eigenvalue weighted by Crippen LogP contribution is -2.41. The highest BCUT2D eigenvalue weighted by Crippen LogP contribution is 2.03. The molecule has 0 saturated heterocycles. The van der Waals surface area contributed by atoms with Gasteiger partial charge >= 0.3 is 11.9 Å². The van der Waals surface area contributed by atoms with E-state index < -0.39 is 23.2 Å². The molecule has 0 saturated carbocycles. The molecule has 0 spiro atoms. The van der Waals surface area contributed by atoms with Crippen molar-refractivity contribution in [3.63, 3.8) is 0 Å². The summed E-state index contributed by atoms with van der Waals surface area (Å²) in [7, 11) is 2.47. The lowest BCUT2D eigenvalue weighted by Gasteiger charge is -2.21. The minimum atomic E-state index is -0.766. The Morgan fingerprint density at radius 1 is 1.18 bits per heavy atom. The van der Waals surface area contributed by atoms with Gasteiger partial charge in [-0.2, -0.15) is 0 Å². The molecule has 0 rings (SSSR count). The Kier molecular flexibility index (Phi) is 7.29. The summed E-state index contributed by atoms with van der Waals surface area (Å²) < 4.78 is 8.90. The van der Waals surface area contributed by atoms with Gasteiger partial charge in [-0.3, -0.25) is 14.4 Å². The van der Waals surface area contributed by atoms with E-state index in [1.807, 2.05) is 0 Å². The average molecular weight is 266 g/mol. The van der Waals surface area contributed by atoms with Crippen LogP contribution >= 0.6 is 11.6 Å². The molecule has 0 heterocycles. The van der Waals surface area contributed by atoms with Crippen molar-refractivity contribution in [2.45, 2.75) is 18.7 Å². The van der Waals surface area contributed by atoms with Crippen LogP contribution in [0.5, 0.6) is 0 Å². The zero-order valence-corrected chi connectivity index (χ0v) is 10.8. The first-order valence-electron chi connectivity index (χ1n) is 4.98. The van der Waals surface area contributed by atoms with Crippen LogP contribution in [-0.4, -0.2) is 55.4 Å². The molecule has 0 aromatic carbocycles. The van der Waals surface area contributed by atoms with E-state index in [1.54, 1.807) is 0 Å². The van der Waals surface area contributed by atoms with Crippen LogP contribution in [0.25, 0.3) is 0 Å². The molecule has 6 nitrogen and oxygen atoms in total. The largest absolute Gasteiger partial charge is 0.469 e. The fourth-order valence-electron chi connectivity index (χ4n) is 1.07. The summed E-state index contributed by atoms with van der Waals surface area (Å²) in [5.41, 5.74) is 0. The maximum Gasteiger partial charge on any atom is 0.325 e. The Bertz CT molecular complexity index is 292. The summed E-state index contributed by atoms with van der Waals surface area (Å²) in [6.45, 7) is 1.33. The third kappa shape index (κ3) is 6.11. The molecule has 0 fully saturated rings. The van der Waals surface area contributed by atoms with E-state index in [-0.39, 0.29) is 19.5 Å². The van der Waals surface area contributed by atoms with Gasteiger partial charge in [0.05, 0.1) is 20.6 Å². The number of esters is 2. The number of hydrogen-bond acceptors (Lipinski definition) is 5. The zero-order valence-electron chi connectivity index (χ0n) is 10.1. The van der Waals surface area contributed by atoms with Crippen LogP contribution in [0, 0.1) is 0 Å². The van der Waals surface area contributed by atoms with Crippen LogP contribution in [0.4, 0.5) is 0 Å². The number of rotatable bonds is 6. The number of carbonyl (C=O) groups is 3. The average Bonchev–Trinajstić information content (AvgIpc) is 2.32. The number of alkyl halides is 1. The first-order valence-corrected chi connectivity index (χ1v) is 5.42. The lowest BCUT2D eigenvalue weighted by molar-refractivity contribution is -0.148. The Balaban J connectivity index is 4.45. The van der Waals surface area contributed by atoms with E-state index in [4.69, 9.17) is 11.6 Å². The van der Waals surface area contributed by atoms with Gasteiger partial charge in [-0.25, -0.2) is 0 Å². The summed E-state index contributed by atoms with van der Waals surface area (Å²) >= 11 is 5.64. The molecular formula is C10H16ClNO5. The van der Waals surface area contributed by atoms with Gasteiger partial charge in [-0.05, 0) is 6.92 Å². The molecule has 1 atom stereocenters. The molecule has 0 aliphatic rings. The van der Waals surface area contributed by atoms with E-state index in [0.29, 0.717) is 0 Å². The van der Waals surface area contributed by atoms with Gasteiger partial charge in [0.2, 0.25) is 5.91 Å². The molecule has 0 N–H and O–H groups in total. The van der Waals surface area contributed by atoms with Crippen molar-refractivity contribution in [3.8, 4) is 0 Å². The number of carbonyl (C=O) groups excluding carboxylic acids is 3. The minimum Gasteiger partial charge on any atom is -0.469 e. The number of amides is 1. The van der Waals surface area contributed by atoms with Crippen LogP contribution in [0.15, 0.2) is 0 Å². The molecule has 0 bridgehead atoms. The summed E-state index contributed by atoms with van der Waals surface area (Å²) in [5.74, 6) is -1.46. The van der Waals surface area contributed by atoms with E-state index >= 15 is 0 Å². The van der Waals surface area contributed by atoms with Crippen molar-refractivity contribution >= 4 is 29.4 Å². The Morgan fingerprint density at radius 3 is 2.12 bits per heavy atom. The lowest BCUT2D eigenvalue weighted by atomic mass is 10.3. The van der Waals surface area contributed by atoms with E-state index in [9.17, 15) is 14.4 Å². The van der Waals surface area contributed by atoms with Crippen LogP contribution in [0.2, 0.25) is 0 Å². The molecular weight excluding hydrogens is 250 g/mol. The van der Waals surface area contributed by atoms with Gasteiger partial charge in [0, 0.05) is 6.54 Å². The molecule has 7 heteroatoms. The van der Waals surface area contributed by atoms with Crippen LogP contribution in [0.3, 0.4) is 0 Å². The fraction of sp³-hybridized carbons (Fsp3) is 0.700. The highest BCUT2D eigenvalue weighted by atomic mass is 35.5. The molecule has 0 aliphatic carbocycles. The standard InChI is InChI=1S/C10H16ClNO5/c1-7(11)10(15)12(6-9(14)17-3)5-4-8(13)16-2/h7H,4-6H2,1-3H3. The maximum absolute atomic E-state index is 11.6. The minimum absolute atomic E-state index is 0.00282. The molecule has 0 aliphatic heterocycles. The quantitative estimate of drug-likeness (QED) is 0.506. The van der Waals surface area contributed by atoms with Crippen molar-refractivity contribution < 1.29 is 23.9 Å². The van der Waals surface area contributed by atoms with Gasteiger partial charge in [0.1, 0.15) is 11.9 Å². The number of halogens is 1. The van der Waals surface area contributed by atoms with Crippen molar-refractivity contribution in [3.05, 3.63) is 0 Å². The zero-order chi connectivity index (χ0) is 13.4. The second-order valence-corrected chi connectivity index (χ2v) is 3.93. The van der Waals surface area contributed by atoms with Gasteiger partial charge in [-0.15, -0.1) is 11.6 Å². The monoisotopic (exact) mass is 265 g/mol. The number of hydrogen-bond donors (Lipinski definition) is 0. The number of nitrogens with zero attached hydrogens (tertiary/aromatic N) is 1.